The predicted octanol–water partition coefficient (Wildman–Crippen LogP) is 7.94. The Morgan fingerprint density at radius 2 is 1.60 bits per heavy atom. The zero-order valence-corrected chi connectivity index (χ0v) is 29.9. The molecule has 8 heteroatoms. The number of carboxylic acids is 1. The van der Waals surface area contributed by atoms with E-state index < -0.39 is 12.3 Å². The number of likely N-dealkylation sites (tertiary alicyclic amines) is 1. The predicted molar refractivity (Wildman–Crippen MR) is 194 cm³/mol. The van der Waals surface area contributed by atoms with Crippen molar-refractivity contribution in [3.63, 3.8) is 0 Å². The molecular weight excluding hydrogens is 628 g/mol. The number of benzene rings is 3. The summed E-state index contributed by atoms with van der Waals surface area (Å²) in [4.78, 5) is 25.8. The van der Waals surface area contributed by atoms with E-state index in [1.807, 2.05) is 24.3 Å². The van der Waals surface area contributed by atoms with Crippen LogP contribution in [-0.2, 0) is 32.2 Å². The van der Waals surface area contributed by atoms with Crippen LogP contribution in [-0.4, -0.2) is 52.2 Å². The molecule has 3 aromatic rings. The Morgan fingerprint density at radius 3 is 2.36 bits per heavy atom. The summed E-state index contributed by atoms with van der Waals surface area (Å²) in [6, 6.07) is 25.3. The van der Waals surface area contributed by atoms with Crippen LogP contribution >= 0.6 is 0 Å². The number of hydrogen-bond donors (Lipinski definition) is 3. The second-order valence-electron chi connectivity index (χ2n) is 16.1. The summed E-state index contributed by atoms with van der Waals surface area (Å²) in [6.45, 7) is 9.75. The van der Waals surface area contributed by atoms with Crippen LogP contribution in [0.15, 0.2) is 72.8 Å². The average Bonchev–Trinajstić information content (AvgIpc) is 3.33. The maximum Gasteiger partial charge on any atom is 0.303 e. The van der Waals surface area contributed by atoms with Gasteiger partial charge in [0, 0.05) is 50.5 Å². The van der Waals surface area contributed by atoms with E-state index in [1.165, 1.54) is 19.3 Å². The molecule has 0 aromatic heterocycles. The van der Waals surface area contributed by atoms with Crippen LogP contribution in [0.3, 0.4) is 0 Å². The molecule has 2 bridgehead atoms. The molecule has 1 amide bonds. The molecule has 3 fully saturated rings. The van der Waals surface area contributed by atoms with E-state index in [-0.39, 0.29) is 31.1 Å². The number of carbonyl (C=O) groups is 2. The van der Waals surface area contributed by atoms with Gasteiger partial charge in [0.2, 0.25) is 5.91 Å². The number of aliphatic carboxylic acids is 1. The number of nitrogens with zero attached hydrogens (tertiary/aromatic N) is 1. The lowest BCUT2D eigenvalue weighted by Crippen LogP contribution is -2.42. The quantitative estimate of drug-likeness (QED) is 0.148. The number of unbranched alkanes of at least 4 members (excludes halogenated alkanes) is 2. The third kappa shape index (κ3) is 9.40. The molecule has 2 heterocycles. The second kappa shape index (κ2) is 15.8. The highest BCUT2D eigenvalue weighted by atomic mass is 16.7. The average molecular weight is 683 g/mol. The molecule has 6 rings (SSSR count). The van der Waals surface area contributed by atoms with Gasteiger partial charge in [-0.3, -0.25) is 14.5 Å². The van der Waals surface area contributed by atoms with E-state index in [4.69, 9.17) is 14.6 Å². The molecule has 1 aliphatic carbocycles. The van der Waals surface area contributed by atoms with Crippen LogP contribution in [0.25, 0.3) is 11.1 Å². The number of carbonyl (C=O) groups excluding carboxylic acids is 1. The molecule has 268 valence electrons. The van der Waals surface area contributed by atoms with Crippen molar-refractivity contribution >= 4 is 11.9 Å². The highest BCUT2D eigenvalue weighted by Crippen LogP contribution is 2.53. The first-order chi connectivity index (χ1) is 24.0. The van der Waals surface area contributed by atoms with E-state index in [0.717, 1.165) is 59.3 Å². The smallest absolute Gasteiger partial charge is 0.303 e. The van der Waals surface area contributed by atoms with Gasteiger partial charge in [-0.1, -0.05) is 87.9 Å². The molecule has 8 nitrogen and oxygen atoms in total. The number of aliphatic hydroxyl groups excluding tert-OH is 1. The van der Waals surface area contributed by atoms with Crippen molar-refractivity contribution in [3.05, 3.63) is 95.1 Å². The Balaban J connectivity index is 1.15. The van der Waals surface area contributed by atoms with E-state index in [2.05, 4.69) is 79.5 Å². The molecule has 3 N–H and O–H groups in total. The summed E-state index contributed by atoms with van der Waals surface area (Å²) in [5, 5.41) is 21.4. The fourth-order valence-electron chi connectivity index (χ4n) is 8.84. The van der Waals surface area contributed by atoms with Crippen LogP contribution in [0.5, 0.6) is 0 Å². The Hall–Kier alpha value is -3.56. The fourth-order valence-corrected chi connectivity index (χ4v) is 8.84. The molecular formula is C42H54N2O6. The number of carboxylic acid groups (broad SMARTS) is 1. The van der Waals surface area contributed by atoms with E-state index in [1.54, 1.807) is 0 Å². The molecule has 50 heavy (non-hydrogen) atoms. The number of rotatable bonds is 14. The summed E-state index contributed by atoms with van der Waals surface area (Å²) in [5.41, 5.74) is 6.78. The molecule has 0 radical (unpaired) electrons. The highest BCUT2D eigenvalue weighted by molar-refractivity contribution is 5.76. The highest BCUT2D eigenvalue weighted by Gasteiger charge is 2.50. The Morgan fingerprint density at radius 1 is 0.860 bits per heavy atom. The van der Waals surface area contributed by atoms with Crippen LogP contribution in [0.1, 0.15) is 113 Å². The van der Waals surface area contributed by atoms with Crippen molar-refractivity contribution in [2.45, 2.75) is 116 Å². The molecule has 2 aliphatic heterocycles. The fraction of sp³-hybridized carbons (Fsp3) is 0.524. The Bertz CT molecular complexity index is 1620. The minimum atomic E-state index is -0.796. The maximum absolute atomic E-state index is 12.4. The van der Waals surface area contributed by atoms with E-state index in [9.17, 15) is 14.7 Å². The minimum absolute atomic E-state index is 0.00935. The number of aliphatic hydroxyl groups is 1. The standard InChI is InChI=1S/C42H54N2O6/c1-41(2)22-35-23-42(3,27-41)28-44(35)25-36-21-37(31-17-15-29(26-45)16-18-31)50-40(49-36)34-12-8-11-33(20-34)32-10-7-9-30(19-32)24-43-38(46)13-5-4-6-14-39(47)48/h7-12,15-20,35-37,40,45H,4-6,13-14,21-28H2,1-3H3,(H,43,46)(H,47,48). The number of amides is 1. The molecule has 2 saturated heterocycles. The van der Waals surface area contributed by atoms with E-state index >= 15 is 0 Å². The van der Waals surface area contributed by atoms with Gasteiger partial charge in [-0.05, 0) is 82.9 Å². The largest absolute Gasteiger partial charge is 0.481 e. The van der Waals surface area contributed by atoms with Crippen molar-refractivity contribution in [2.75, 3.05) is 13.1 Å². The molecule has 1 saturated carbocycles. The maximum atomic E-state index is 12.4. The molecule has 3 aromatic carbocycles. The first kappa shape index (κ1) is 36.2. The zero-order chi connectivity index (χ0) is 35.3. The van der Waals surface area contributed by atoms with Gasteiger partial charge in [0.1, 0.15) is 0 Å². The van der Waals surface area contributed by atoms with Gasteiger partial charge in [-0.25, -0.2) is 0 Å². The van der Waals surface area contributed by atoms with Gasteiger partial charge < -0.3 is 25.0 Å². The first-order valence-electron chi connectivity index (χ1n) is 18.4. The number of nitrogens with one attached hydrogen (secondary N) is 1. The van der Waals surface area contributed by atoms with Gasteiger partial charge in [0.05, 0.1) is 18.8 Å². The van der Waals surface area contributed by atoms with Crippen molar-refractivity contribution in [3.8, 4) is 11.1 Å². The van der Waals surface area contributed by atoms with Crippen molar-refractivity contribution < 1.29 is 29.3 Å². The number of ether oxygens (including phenoxy) is 2. The first-order valence-corrected chi connectivity index (χ1v) is 18.4. The molecule has 5 atom stereocenters. The van der Waals surface area contributed by atoms with Crippen molar-refractivity contribution in [1.29, 1.82) is 0 Å². The SMILES string of the molecule is CC1(C)CC2CC(C)(CN2CC2CC(c3ccc(CO)cc3)OC(c3cccc(-c4cccc(CNC(=O)CCCCCC(=O)O)c4)c3)O2)C1. The number of hydrogen-bond acceptors (Lipinski definition) is 6. The Labute approximate surface area is 297 Å². The lowest BCUT2D eigenvalue weighted by molar-refractivity contribution is -0.253. The van der Waals surface area contributed by atoms with Crippen LogP contribution < -0.4 is 5.32 Å². The minimum Gasteiger partial charge on any atom is -0.481 e. The summed E-state index contributed by atoms with van der Waals surface area (Å²) in [6.07, 6.45) is 6.42. The number of fused-ring (bicyclic) bond motifs is 2. The molecule has 0 spiro atoms. The van der Waals surface area contributed by atoms with Crippen molar-refractivity contribution in [1.82, 2.24) is 10.2 Å². The van der Waals surface area contributed by atoms with Crippen LogP contribution in [0.4, 0.5) is 0 Å². The second-order valence-corrected chi connectivity index (χ2v) is 16.1. The summed E-state index contributed by atoms with van der Waals surface area (Å²) < 4.78 is 13.5. The van der Waals surface area contributed by atoms with Gasteiger partial charge in [-0.15, -0.1) is 0 Å². The monoisotopic (exact) mass is 682 g/mol. The van der Waals surface area contributed by atoms with Gasteiger partial charge in [0.25, 0.3) is 0 Å². The lowest BCUT2D eigenvalue weighted by Gasteiger charge is -2.41. The van der Waals surface area contributed by atoms with Crippen LogP contribution in [0, 0.1) is 10.8 Å². The zero-order valence-electron chi connectivity index (χ0n) is 29.9. The summed E-state index contributed by atoms with van der Waals surface area (Å²) >= 11 is 0. The van der Waals surface area contributed by atoms with Gasteiger partial charge >= 0.3 is 5.97 Å². The molecule has 5 unspecified atom stereocenters. The lowest BCUT2D eigenvalue weighted by atomic mass is 9.65. The van der Waals surface area contributed by atoms with E-state index in [0.29, 0.717) is 42.7 Å². The van der Waals surface area contributed by atoms with Gasteiger partial charge in [-0.2, -0.15) is 0 Å². The topological polar surface area (TPSA) is 108 Å². The third-order valence-corrected chi connectivity index (χ3v) is 10.8. The van der Waals surface area contributed by atoms with Crippen molar-refractivity contribution in [2.24, 2.45) is 10.8 Å². The normalized spacial score (nSPS) is 26.1. The van der Waals surface area contributed by atoms with Gasteiger partial charge in [0.15, 0.2) is 6.29 Å². The summed E-state index contributed by atoms with van der Waals surface area (Å²) in [5.74, 6) is -0.819. The Kier molecular flexibility index (Phi) is 11.4. The summed E-state index contributed by atoms with van der Waals surface area (Å²) in [7, 11) is 0. The third-order valence-electron chi connectivity index (χ3n) is 10.8. The molecule has 3 aliphatic rings. The van der Waals surface area contributed by atoms with Crippen LogP contribution in [0.2, 0.25) is 0 Å².